The van der Waals surface area contributed by atoms with Crippen molar-refractivity contribution < 1.29 is 23.5 Å². The summed E-state index contributed by atoms with van der Waals surface area (Å²) in [4.78, 5) is 30.1. The summed E-state index contributed by atoms with van der Waals surface area (Å²) < 4.78 is 29.4. The van der Waals surface area contributed by atoms with Crippen LogP contribution in [0.3, 0.4) is 0 Å². The second-order valence-corrected chi connectivity index (χ2v) is 10.9. The van der Waals surface area contributed by atoms with Gasteiger partial charge in [0, 0.05) is 32.0 Å². The SMILES string of the molecule is CC.Cn1c(Nc2c(Cl)ccc(CNC(=O)C(C)(C)C)c2Cl)nc2cc(C(=O)O)c(N3CCC(F)(F)C3)cc21. The van der Waals surface area contributed by atoms with Gasteiger partial charge in [0.1, 0.15) is 0 Å². The van der Waals surface area contributed by atoms with Crippen LogP contribution in [0.4, 0.5) is 26.1 Å². The molecule has 1 aliphatic heterocycles. The van der Waals surface area contributed by atoms with Crippen molar-refractivity contribution in [1.29, 1.82) is 0 Å². The molecule has 2 aromatic carbocycles. The molecule has 1 saturated heterocycles. The minimum absolute atomic E-state index is 0.0471. The quantitative estimate of drug-likeness (QED) is 0.293. The molecule has 39 heavy (non-hydrogen) atoms. The Kier molecular flexibility index (Phi) is 9.02. The van der Waals surface area contributed by atoms with E-state index in [-0.39, 0.29) is 36.7 Å². The number of imidazole rings is 1. The lowest BCUT2D eigenvalue weighted by molar-refractivity contribution is -0.128. The summed E-state index contributed by atoms with van der Waals surface area (Å²) in [7, 11) is 1.70. The number of rotatable bonds is 6. The standard InChI is InChI=1S/C25H27Cl2F2N5O3.C2H6/c1-24(2,3)22(37)30-11-13-5-6-15(26)20(19(13)27)32-23-31-16-9-14(21(35)36)17(10-18(16)33(23)4)34-8-7-25(28,29)12-34;1-2/h5-6,9-10H,7-8,11-12H2,1-4H3,(H,30,37)(H,31,32)(H,35,36);1-2H3. The van der Waals surface area contributed by atoms with Gasteiger partial charge >= 0.3 is 5.97 Å². The molecule has 0 saturated carbocycles. The Hall–Kier alpha value is -3.11. The zero-order valence-electron chi connectivity index (χ0n) is 22.8. The normalized spacial score (nSPS) is 14.7. The zero-order chi connectivity index (χ0) is 29.3. The number of fused-ring (bicyclic) bond motifs is 1. The summed E-state index contributed by atoms with van der Waals surface area (Å²) in [5.41, 5.74) is 1.43. The molecule has 3 aromatic rings. The number of aromatic carboxylic acids is 1. The molecule has 1 amide bonds. The summed E-state index contributed by atoms with van der Waals surface area (Å²) in [5.74, 6) is -3.93. The summed E-state index contributed by atoms with van der Waals surface area (Å²) >= 11 is 13.0. The number of hydrogen-bond donors (Lipinski definition) is 3. The number of hydrogen-bond acceptors (Lipinski definition) is 5. The fourth-order valence-corrected chi connectivity index (χ4v) is 4.64. The second-order valence-electron chi connectivity index (χ2n) is 10.1. The van der Waals surface area contributed by atoms with Crippen LogP contribution >= 0.6 is 23.2 Å². The Bertz CT molecular complexity index is 1400. The van der Waals surface area contributed by atoms with E-state index in [0.717, 1.165) is 0 Å². The van der Waals surface area contributed by atoms with Crippen molar-refractivity contribution in [1.82, 2.24) is 14.9 Å². The average molecular weight is 584 g/mol. The molecule has 0 unspecified atom stereocenters. The largest absolute Gasteiger partial charge is 0.478 e. The monoisotopic (exact) mass is 583 g/mol. The summed E-state index contributed by atoms with van der Waals surface area (Å²) in [6.07, 6.45) is -0.341. The van der Waals surface area contributed by atoms with E-state index in [1.54, 1.807) is 50.6 Å². The Balaban J connectivity index is 0.00000205. The Labute approximate surface area is 236 Å². The fraction of sp³-hybridized carbons (Fsp3) is 0.444. The van der Waals surface area contributed by atoms with E-state index < -0.39 is 23.9 Å². The van der Waals surface area contributed by atoms with Gasteiger partial charge in [-0.2, -0.15) is 0 Å². The molecule has 1 aromatic heterocycles. The number of aryl methyl sites for hydroxylation is 1. The van der Waals surface area contributed by atoms with E-state index in [9.17, 15) is 23.5 Å². The number of benzene rings is 2. The minimum atomic E-state index is -2.88. The highest BCUT2D eigenvalue weighted by molar-refractivity contribution is 6.39. The highest BCUT2D eigenvalue weighted by Gasteiger charge is 2.39. The van der Waals surface area contributed by atoms with Gasteiger partial charge in [-0.1, -0.05) is 63.9 Å². The van der Waals surface area contributed by atoms with E-state index in [0.29, 0.717) is 38.3 Å². The van der Waals surface area contributed by atoms with Crippen molar-refractivity contribution in [2.75, 3.05) is 23.3 Å². The lowest BCUT2D eigenvalue weighted by atomic mass is 9.95. The first-order valence-corrected chi connectivity index (χ1v) is 13.3. The molecule has 4 rings (SSSR count). The number of nitrogens with one attached hydrogen (secondary N) is 2. The van der Waals surface area contributed by atoms with Crippen LogP contribution in [0.25, 0.3) is 11.0 Å². The molecule has 0 bridgehead atoms. The molecule has 0 aliphatic carbocycles. The highest BCUT2D eigenvalue weighted by Crippen LogP contribution is 2.38. The van der Waals surface area contributed by atoms with Crippen LogP contribution in [-0.2, 0) is 18.4 Å². The molecular formula is C27H33Cl2F2N5O3. The van der Waals surface area contributed by atoms with Crippen molar-refractivity contribution in [3.05, 3.63) is 45.4 Å². The van der Waals surface area contributed by atoms with E-state index >= 15 is 0 Å². The second kappa shape index (κ2) is 11.6. The molecule has 3 N–H and O–H groups in total. The molecule has 0 spiro atoms. The van der Waals surface area contributed by atoms with E-state index in [4.69, 9.17) is 23.2 Å². The summed E-state index contributed by atoms with van der Waals surface area (Å²) in [6.45, 7) is 9.11. The van der Waals surface area contributed by atoms with Gasteiger partial charge in [-0.3, -0.25) is 4.79 Å². The third kappa shape index (κ3) is 6.55. The van der Waals surface area contributed by atoms with Gasteiger partial charge in [0.2, 0.25) is 11.9 Å². The number of halogens is 4. The molecule has 1 aliphatic rings. The smallest absolute Gasteiger partial charge is 0.337 e. The van der Waals surface area contributed by atoms with Gasteiger partial charge in [-0.05, 0) is 23.8 Å². The van der Waals surface area contributed by atoms with Gasteiger partial charge < -0.3 is 25.2 Å². The zero-order valence-corrected chi connectivity index (χ0v) is 24.3. The van der Waals surface area contributed by atoms with Crippen molar-refractivity contribution in [2.24, 2.45) is 12.5 Å². The predicted molar refractivity (Wildman–Crippen MR) is 152 cm³/mol. The van der Waals surface area contributed by atoms with Crippen molar-refractivity contribution >= 4 is 63.4 Å². The third-order valence-corrected chi connectivity index (χ3v) is 7.01. The molecule has 12 heteroatoms. The Morgan fingerprint density at radius 1 is 1.18 bits per heavy atom. The fourth-order valence-electron chi connectivity index (χ4n) is 4.11. The number of carboxylic acid groups (broad SMARTS) is 1. The first kappa shape index (κ1) is 30.4. The van der Waals surface area contributed by atoms with Gasteiger partial charge in [0.15, 0.2) is 0 Å². The minimum Gasteiger partial charge on any atom is -0.478 e. The summed E-state index contributed by atoms with van der Waals surface area (Å²) in [5, 5.41) is 16.3. The van der Waals surface area contributed by atoms with E-state index in [1.807, 2.05) is 13.8 Å². The van der Waals surface area contributed by atoms with Gasteiger partial charge in [-0.25, -0.2) is 18.6 Å². The Morgan fingerprint density at radius 3 is 2.41 bits per heavy atom. The number of carbonyl (C=O) groups is 2. The topological polar surface area (TPSA) is 99.5 Å². The number of anilines is 3. The molecule has 1 fully saturated rings. The van der Waals surface area contributed by atoms with Gasteiger partial charge in [-0.15, -0.1) is 0 Å². The maximum absolute atomic E-state index is 13.9. The third-order valence-electron chi connectivity index (χ3n) is 6.27. The molecule has 212 valence electrons. The van der Waals surface area contributed by atoms with Crippen LogP contribution in [0.2, 0.25) is 10.0 Å². The van der Waals surface area contributed by atoms with Crippen LogP contribution in [-0.4, -0.2) is 45.5 Å². The molecular weight excluding hydrogens is 551 g/mol. The van der Waals surface area contributed by atoms with Crippen molar-refractivity contribution in [3.63, 3.8) is 0 Å². The number of aromatic nitrogens is 2. The van der Waals surface area contributed by atoms with E-state index in [2.05, 4.69) is 15.6 Å². The predicted octanol–water partition coefficient (Wildman–Crippen LogP) is 6.86. The van der Waals surface area contributed by atoms with Crippen LogP contribution < -0.4 is 15.5 Å². The van der Waals surface area contributed by atoms with Crippen LogP contribution in [0.1, 0.15) is 57.0 Å². The number of nitrogens with zero attached hydrogens (tertiary/aromatic N) is 3. The van der Waals surface area contributed by atoms with Crippen molar-refractivity contribution in [2.45, 2.75) is 53.5 Å². The lowest BCUT2D eigenvalue weighted by Crippen LogP contribution is -2.34. The molecule has 0 atom stereocenters. The summed E-state index contributed by atoms with van der Waals surface area (Å²) in [6, 6.07) is 6.28. The lowest BCUT2D eigenvalue weighted by Gasteiger charge is -2.20. The van der Waals surface area contributed by atoms with Crippen molar-refractivity contribution in [3.8, 4) is 0 Å². The van der Waals surface area contributed by atoms with Gasteiger partial charge in [0.05, 0.1) is 44.6 Å². The van der Waals surface area contributed by atoms with Crippen LogP contribution in [0.15, 0.2) is 24.3 Å². The van der Waals surface area contributed by atoms with Crippen LogP contribution in [0.5, 0.6) is 0 Å². The highest BCUT2D eigenvalue weighted by atomic mass is 35.5. The maximum atomic E-state index is 13.9. The molecule has 8 nitrogen and oxygen atoms in total. The average Bonchev–Trinajstić information content (AvgIpc) is 3.38. The Morgan fingerprint density at radius 2 is 1.85 bits per heavy atom. The first-order chi connectivity index (χ1) is 18.2. The number of carboxylic acids is 1. The first-order valence-electron chi connectivity index (χ1n) is 12.6. The maximum Gasteiger partial charge on any atom is 0.337 e. The number of carbonyl (C=O) groups excluding carboxylic acids is 1. The molecule has 0 radical (unpaired) electrons. The van der Waals surface area contributed by atoms with Gasteiger partial charge in [0.25, 0.3) is 5.92 Å². The number of amides is 1. The number of alkyl halides is 2. The van der Waals surface area contributed by atoms with E-state index in [1.165, 1.54) is 11.0 Å². The van der Waals surface area contributed by atoms with Crippen LogP contribution in [0, 0.1) is 5.41 Å². The molecule has 2 heterocycles.